The highest BCUT2D eigenvalue weighted by Gasteiger charge is 2.42. The third kappa shape index (κ3) is 4.45. The maximum atomic E-state index is 13.4. The van der Waals surface area contributed by atoms with Gasteiger partial charge in [0.2, 0.25) is 5.91 Å². The van der Waals surface area contributed by atoms with E-state index in [1.54, 1.807) is 12.1 Å². The predicted molar refractivity (Wildman–Crippen MR) is 109 cm³/mol. The summed E-state index contributed by atoms with van der Waals surface area (Å²) in [6.45, 7) is 2.18. The van der Waals surface area contributed by atoms with Crippen LogP contribution < -0.4 is 0 Å². The first-order valence-corrected chi connectivity index (χ1v) is 10.2. The van der Waals surface area contributed by atoms with Gasteiger partial charge in [-0.3, -0.25) is 4.79 Å². The number of halogens is 2. The van der Waals surface area contributed by atoms with Gasteiger partial charge in [-0.2, -0.15) is 0 Å². The zero-order chi connectivity index (χ0) is 20.3. The van der Waals surface area contributed by atoms with E-state index in [1.165, 1.54) is 12.1 Å². The van der Waals surface area contributed by atoms with E-state index in [0.717, 1.165) is 15.6 Å². The minimum atomic E-state index is -0.923. The standard InChI is InChI=1S/C22H25BrFNO3/c1-15(16-2-6-18(23)7-3-16)25-11-10-22(13-21(25)28,12-20(27)14-26)17-4-8-19(24)9-5-17/h2-9,15,20,26-27H,10-14H2,1H3/t15-,20-,22+/m0/s1. The number of aliphatic hydroxyl groups is 2. The van der Waals surface area contributed by atoms with E-state index in [4.69, 9.17) is 0 Å². The summed E-state index contributed by atoms with van der Waals surface area (Å²) in [5.41, 5.74) is 1.27. The van der Waals surface area contributed by atoms with Crippen molar-refractivity contribution in [2.24, 2.45) is 0 Å². The Morgan fingerprint density at radius 2 is 1.82 bits per heavy atom. The summed E-state index contributed by atoms with van der Waals surface area (Å²) in [4.78, 5) is 15.0. The first-order valence-electron chi connectivity index (χ1n) is 9.44. The van der Waals surface area contributed by atoms with E-state index in [-0.39, 0.29) is 37.2 Å². The summed E-state index contributed by atoms with van der Waals surface area (Å²) in [5.74, 6) is -0.342. The number of likely N-dealkylation sites (tertiary alicyclic amines) is 1. The Bertz CT molecular complexity index is 812. The molecule has 2 aromatic carbocycles. The summed E-state index contributed by atoms with van der Waals surface area (Å²) in [5, 5.41) is 19.4. The second-order valence-electron chi connectivity index (χ2n) is 7.57. The number of nitrogens with zero attached hydrogens (tertiary/aromatic N) is 1. The molecule has 150 valence electrons. The molecule has 1 fully saturated rings. The molecular weight excluding hydrogens is 425 g/mol. The molecule has 1 aliphatic heterocycles. The Kier molecular flexibility index (Phi) is 6.53. The second-order valence-corrected chi connectivity index (χ2v) is 8.48. The van der Waals surface area contributed by atoms with Gasteiger partial charge in [0, 0.05) is 22.9 Å². The van der Waals surface area contributed by atoms with Gasteiger partial charge in [0.25, 0.3) is 0 Å². The zero-order valence-electron chi connectivity index (χ0n) is 15.8. The molecule has 1 amide bonds. The molecule has 0 spiro atoms. The van der Waals surface area contributed by atoms with Gasteiger partial charge in [-0.05, 0) is 55.2 Å². The Hall–Kier alpha value is -1.76. The molecular formula is C22H25BrFNO3. The first kappa shape index (κ1) is 21.0. The molecule has 0 bridgehead atoms. The summed E-state index contributed by atoms with van der Waals surface area (Å²) in [6, 6.07) is 14.0. The highest BCUT2D eigenvalue weighted by molar-refractivity contribution is 9.10. The lowest BCUT2D eigenvalue weighted by molar-refractivity contribution is -0.139. The van der Waals surface area contributed by atoms with E-state index in [9.17, 15) is 19.4 Å². The number of rotatable bonds is 6. The van der Waals surface area contributed by atoms with Crippen LogP contribution in [0.25, 0.3) is 0 Å². The lowest BCUT2D eigenvalue weighted by atomic mass is 9.68. The summed E-state index contributed by atoms with van der Waals surface area (Å²) < 4.78 is 14.4. The molecule has 1 aliphatic rings. The fourth-order valence-corrected chi connectivity index (χ4v) is 4.39. The van der Waals surface area contributed by atoms with E-state index in [0.29, 0.717) is 13.0 Å². The van der Waals surface area contributed by atoms with Gasteiger partial charge < -0.3 is 15.1 Å². The third-order valence-electron chi connectivity index (χ3n) is 5.75. The van der Waals surface area contributed by atoms with E-state index in [2.05, 4.69) is 15.9 Å². The molecule has 6 heteroatoms. The van der Waals surface area contributed by atoms with Crippen LogP contribution in [0.2, 0.25) is 0 Å². The van der Waals surface area contributed by atoms with Gasteiger partial charge in [0.05, 0.1) is 18.8 Å². The number of hydrogen-bond acceptors (Lipinski definition) is 3. The van der Waals surface area contributed by atoms with Crippen LogP contribution in [0, 0.1) is 5.82 Å². The number of hydrogen-bond donors (Lipinski definition) is 2. The predicted octanol–water partition coefficient (Wildman–Crippen LogP) is 3.95. The normalized spacial score (nSPS) is 22.2. The number of piperidine rings is 1. The van der Waals surface area contributed by atoms with Gasteiger partial charge in [0.15, 0.2) is 0 Å². The van der Waals surface area contributed by atoms with Crippen LogP contribution in [0.3, 0.4) is 0 Å². The van der Waals surface area contributed by atoms with Crippen LogP contribution in [0.5, 0.6) is 0 Å². The van der Waals surface area contributed by atoms with Gasteiger partial charge in [-0.15, -0.1) is 0 Å². The Morgan fingerprint density at radius 1 is 1.18 bits per heavy atom. The molecule has 0 aromatic heterocycles. The Balaban J connectivity index is 1.84. The maximum absolute atomic E-state index is 13.4. The SMILES string of the molecule is C[C@@H](c1ccc(Br)cc1)N1CC[C@](C[C@H](O)CO)(c2ccc(F)cc2)CC1=O. The maximum Gasteiger partial charge on any atom is 0.223 e. The number of benzene rings is 2. The van der Waals surface area contributed by atoms with Crippen molar-refractivity contribution in [3.8, 4) is 0 Å². The molecule has 3 atom stereocenters. The van der Waals surface area contributed by atoms with Crippen molar-refractivity contribution in [3.63, 3.8) is 0 Å². The van der Waals surface area contributed by atoms with Crippen LogP contribution in [0.4, 0.5) is 4.39 Å². The minimum Gasteiger partial charge on any atom is -0.394 e. The average molecular weight is 450 g/mol. The van der Waals surface area contributed by atoms with Crippen LogP contribution in [0.1, 0.15) is 43.4 Å². The van der Waals surface area contributed by atoms with Crippen LogP contribution in [0.15, 0.2) is 53.0 Å². The minimum absolute atomic E-state index is 0.00358. The number of carbonyl (C=O) groups excluding carboxylic acids is 1. The van der Waals surface area contributed by atoms with Gasteiger partial charge >= 0.3 is 0 Å². The highest BCUT2D eigenvalue weighted by Crippen LogP contribution is 2.42. The lowest BCUT2D eigenvalue weighted by Crippen LogP contribution is -2.48. The van der Waals surface area contributed by atoms with Crippen molar-refractivity contribution in [2.45, 2.75) is 43.7 Å². The van der Waals surface area contributed by atoms with E-state index >= 15 is 0 Å². The van der Waals surface area contributed by atoms with Crippen LogP contribution >= 0.6 is 15.9 Å². The highest BCUT2D eigenvalue weighted by atomic mass is 79.9. The topological polar surface area (TPSA) is 60.8 Å². The molecule has 0 aliphatic carbocycles. The summed E-state index contributed by atoms with van der Waals surface area (Å²) in [7, 11) is 0. The molecule has 0 radical (unpaired) electrons. The van der Waals surface area contributed by atoms with Crippen molar-refractivity contribution in [2.75, 3.05) is 13.2 Å². The molecule has 1 saturated heterocycles. The molecule has 2 aromatic rings. The average Bonchev–Trinajstić information content (AvgIpc) is 2.68. The Morgan fingerprint density at radius 3 is 2.39 bits per heavy atom. The van der Waals surface area contributed by atoms with Crippen molar-refractivity contribution in [3.05, 3.63) is 69.9 Å². The van der Waals surface area contributed by atoms with Gasteiger partial charge in [0.1, 0.15) is 5.82 Å². The largest absolute Gasteiger partial charge is 0.394 e. The molecule has 0 saturated carbocycles. The van der Waals surface area contributed by atoms with Crippen molar-refractivity contribution < 1.29 is 19.4 Å². The molecule has 0 unspecified atom stereocenters. The van der Waals surface area contributed by atoms with Crippen molar-refractivity contribution in [1.82, 2.24) is 4.90 Å². The molecule has 4 nitrogen and oxygen atoms in total. The summed E-state index contributed by atoms with van der Waals surface area (Å²) >= 11 is 3.43. The van der Waals surface area contributed by atoms with Crippen LogP contribution in [-0.4, -0.2) is 40.3 Å². The first-order chi connectivity index (χ1) is 13.3. The van der Waals surface area contributed by atoms with Crippen LogP contribution in [-0.2, 0) is 10.2 Å². The number of carbonyl (C=O) groups is 1. The quantitative estimate of drug-likeness (QED) is 0.701. The lowest BCUT2D eigenvalue weighted by Gasteiger charge is -2.44. The number of aliphatic hydroxyl groups excluding tert-OH is 2. The van der Waals surface area contributed by atoms with Gasteiger partial charge in [-0.25, -0.2) is 4.39 Å². The van der Waals surface area contributed by atoms with Gasteiger partial charge in [-0.1, -0.05) is 40.2 Å². The van der Waals surface area contributed by atoms with Crippen molar-refractivity contribution in [1.29, 1.82) is 0 Å². The molecule has 1 heterocycles. The fraction of sp³-hybridized carbons (Fsp3) is 0.409. The zero-order valence-corrected chi connectivity index (χ0v) is 17.4. The monoisotopic (exact) mass is 449 g/mol. The fourth-order valence-electron chi connectivity index (χ4n) is 4.13. The second kappa shape index (κ2) is 8.72. The Labute approximate surface area is 173 Å². The number of amides is 1. The molecule has 2 N–H and O–H groups in total. The molecule has 3 rings (SSSR count). The molecule has 28 heavy (non-hydrogen) atoms. The smallest absolute Gasteiger partial charge is 0.223 e. The van der Waals surface area contributed by atoms with Crippen molar-refractivity contribution >= 4 is 21.8 Å². The summed E-state index contributed by atoms with van der Waals surface area (Å²) in [6.07, 6.45) is 0.202. The van der Waals surface area contributed by atoms with E-state index in [1.807, 2.05) is 36.1 Å². The van der Waals surface area contributed by atoms with E-state index < -0.39 is 11.5 Å². The third-order valence-corrected chi connectivity index (χ3v) is 6.28.